The Hall–Kier alpha value is -5.13. The van der Waals surface area contributed by atoms with Crippen molar-refractivity contribution in [2.75, 3.05) is 155 Å². The maximum Gasteiger partial charge on any atom is 0.323 e. The van der Waals surface area contributed by atoms with Crippen molar-refractivity contribution < 1.29 is 8.94 Å². The summed E-state index contributed by atoms with van der Waals surface area (Å²) in [5.74, 6) is 2.06. The molecule has 0 saturated carbocycles. The van der Waals surface area contributed by atoms with Crippen LogP contribution in [0, 0.1) is 27.1 Å². The molecular weight excluding hydrogens is 931 g/mol. The molecule has 0 aromatic carbocycles. The molecule has 5 spiro atoms. The summed E-state index contributed by atoms with van der Waals surface area (Å²) in [5.41, 5.74) is 2.53. The molecule has 0 aliphatic carbocycles. The molecule has 0 bridgehead atoms. The molecule has 388 valence electrons. The molecular formula is C50H75N19O2S. The van der Waals surface area contributed by atoms with Gasteiger partial charge in [-0.15, -0.1) is 10.2 Å². The monoisotopic (exact) mass is 1010 g/mol. The van der Waals surface area contributed by atoms with E-state index in [0.29, 0.717) is 39.1 Å². The molecule has 21 nitrogen and oxygen atoms in total. The lowest BCUT2D eigenvalue weighted by Gasteiger charge is -2.22. The molecule has 0 radical (unpaired) electrons. The molecule has 22 heteroatoms. The van der Waals surface area contributed by atoms with Crippen LogP contribution in [0.1, 0.15) is 64.2 Å². The molecule has 72 heavy (non-hydrogen) atoms. The minimum atomic E-state index is 0.467. The summed E-state index contributed by atoms with van der Waals surface area (Å²) in [6, 6.07) is 7.49. The van der Waals surface area contributed by atoms with E-state index in [1.807, 2.05) is 18.5 Å². The number of nitrogens with one attached hydrogen (secondary N) is 5. The lowest BCUT2D eigenvalue weighted by Crippen LogP contribution is -2.29. The Balaban J connectivity index is 0.0000000973. The summed E-state index contributed by atoms with van der Waals surface area (Å²) < 4.78 is 14.4. The number of nitrogens with zero attached hydrogens (tertiary/aromatic N) is 14. The first-order chi connectivity index (χ1) is 35.4. The molecule has 0 amide bonds. The SMILES string of the molecule is c1cc(N2CCC3(CCNC3)C2)sn1.c1cnc(N2CCC3(CCNC3)C2)cn1.c1cnnc(N2CCC3(CCNC3)C2)c1.c1nnc(N2CCC3(CCNC3)C2)o1.c1noc(N2CCC3(CCNC3)C2)n1. The van der Waals surface area contributed by atoms with E-state index in [-0.39, 0.29) is 0 Å². The van der Waals surface area contributed by atoms with Gasteiger partial charge in [0, 0.05) is 150 Å². The average molecular weight is 1010 g/mol. The van der Waals surface area contributed by atoms with Gasteiger partial charge in [0.05, 0.1) is 6.20 Å². The second kappa shape index (κ2) is 22.1. The topological polar surface area (TPSA) is 219 Å². The Labute approximate surface area is 427 Å². The molecule has 5 N–H and O–H groups in total. The first-order valence-corrected chi connectivity index (χ1v) is 27.4. The van der Waals surface area contributed by atoms with Crippen LogP contribution in [0.5, 0.6) is 0 Å². The molecule has 5 aromatic heterocycles. The Morgan fingerprint density at radius 1 is 0.486 bits per heavy atom. The lowest BCUT2D eigenvalue weighted by molar-refractivity contribution is 0.363. The number of hydrogen-bond acceptors (Lipinski definition) is 22. The summed E-state index contributed by atoms with van der Waals surface area (Å²) >= 11 is 1.62. The van der Waals surface area contributed by atoms with Crippen LogP contribution in [0.25, 0.3) is 0 Å². The molecule has 5 unspecified atom stereocenters. The number of rotatable bonds is 5. The van der Waals surface area contributed by atoms with E-state index in [9.17, 15) is 0 Å². The van der Waals surface area contributed by atoms with Crippen LogP contribution in [0.3, 0.4) is 0 Å². The maximum atomic E-state index is 5.20. The van der Waals surface area contributed by atoms with Crippen LogP contribution in [-0.2, 0) is 0 Å². The molecule has 10 aliphatic heterocycles. The molecule has 15 rings (SSSR count). The first kappa shape index (κ1) is 49.1. The van der Waals surface area contributed by atoms with E-state index >= 15 is 0 Å². The quantitative estimate of drug-likeness (QED) is 0.171. The van der Waals surface area contributed by atoms with Crippen LogP contribution in [0.4, 0.5) is 28.7 Å². The van der Waals surface area contributed by atoms with Crippen molar-refractivity contribution in [2.24, 2.45) is 27.1 Å². The number of hydrogen-bond donors (Lipinski definition) is 5. The highest BCUT2D eigenvalue weighted by molar-refractivity contribution is 7.10. The summed E-state index contributed by atoms with van der Waals surface area (Å²) in [5, 5.41) is 38.0. The second-order valence-corrected chi connectivity index (χ2v) is 23.2. The van der Waals surface area contributed by atoms with Crippen molar-refractivity contribution in [2.45, 2.75) is 64.2 Å². The van der Waals surface area contributed by atoms with Gasteiger partial charge in [0.1, 0.15) is 10.8 Å². The lowest BCUT2D eigenvalue weighted by atomic mass is 9.87. The fraction of sp³-hybridized carbons (Fsp3) is 0.700. The Bertz CT molecular complexity index is 2130. The molecule has 10 saturated heterocycles. The van der Waals surface area contributed by atoms with Crippen LogP contribution in [0.2, 0.25) is 0 Å². The predicted molar refractivity (Wildman–Crippen MR) is 279 cm³/mol. The molecule has 5 atom stereocenters. The van der Waals surface area contributed by atoms with E-state index in [1.54, 1.807) is 30.1 Å². The van der Waals surface area contributed by atoms with E-state index < -0.39 is 0 Å². The smallest absolute Gasteiger partial charge is 0.323 e. The van der Waals surface area contributed by atoms with Gasteiger partial charge in [0.25, 0.3) is 0 Å². The third-order valence-electron chi connectivity index (χ3n) is 17.6. The third kappa shape index (κ3) is 11.5. The zero-order valence-corrected chi connectivity index (χ0v) is 42.8. The normalized spacial score (nSPS) is 31.2. The zero-order valence-electron chi connectivity index (χ0n) is 42.0. The van der Waals surface area contributed by atoms with E-state index in [4.69, 9.17) is 8.94 Å². The van der Waals surface area contributed by atoms with Crippen molar-refractivity contribution >= 4 is 40.2 Å². The minimum absolute atomic E-state index is 0.467. The largest absolute Gasteiger partial charge is 0.411 e. The van der Waals surface area contributed by atoms with E-state index in [1.165, 1.54) is 134 Å². The van der Waals surface area contributed by atoms with Gasteiger partial charge in [-0.05, 0) is 127 Å². The first-order valence-electron chi connectivity index (χ1n) is 26.7. The van der Waals surface area contributed by atoms with Gasteiger partial charge in [-0.25, -0.2) is 4.98 Å². The van der Waals surface area contributed by atoms with Crippen LogP contribution in [0.15, 0.2) is 70.8 Å². The van der Waals surface area contributed by atoms with Crippen molar-refractivity contribution in [3.05, 3.63) is 61.9 Å². The fourth-order valence-corrected chi connectivity index (χ4v) is 13.8. The van der Waals surface area contributed by atoms with Gasteiger partial charge < -0.3 is 60.0 Å². The van der Waals surface area contributed by atoms with Crippen molar-refractivity contribution in [3.8, 4) is 0 Å². The highest BCUT2D eigenvalue weighted by Crippen LogP contribution is 2.42. The van der Waals surface area contributed by atoms with Gasteiger partial charge in [-0.3, -0.25) is 4.98 Å². The fourth-order valence-electron chi connectivity index (χ4n) is 13.2. The van der Waals surface area contributed by atoms with Crippen LogP contribution < -0.4 is 51.1 Å². The van der Waals surface area contributed by atoms with Gasteiger partial charge in [0.2, 0.25) is 6.39 Å². The molecule has 15 heterocycles. The summed E-state index contributed by atoms with van der Waals surface area (Å²) in [4.78, 5) is 24.2. The van der Waals surface area contributed by atoms with E-state index in [0.717, 1.165) is 90.2 Å². The van der Waals surface area contributed by atoms with Gasteiger partial charge in [-0.2, -0.15) is 14.5 Å². The van der Waals surface area contributed by atoms with Gasteiger partial charge >= 0.3 is 12.0 Å². The minimum Gasteiger partial charge on any atom is -0.411 e. The molecule has 10 aliphatic rings. The standard InChI is InChI=1S/2C11H16N4.C10H15N3S.2C9H14N4O/c1-3-13-8-11(1)2-6-15(9-11)10-7-12-4-5-14-10;1-2-10(14-13-5-1)15-7-4-11(9-15)3-6-12-8-11;1-4-12-14-9(1)13-6-3-10(8-13)2-5-11-7-10;1-3-10-5-9(1)2-4-13(6-9)8-12-11-7-14-8;1-3-10-5-9(1)2-4-13(6-9)8-11-7-12-14-8/h4-5,7,13H,1-3,6,8-9H2;1-2,5,12H,3-4,6-9H2;1,4,11H,2-3,5-8H2;2*7,10H,1-6H2. The van der Waals surface area contributed by atoms with Crippen molar-refractivity contribution in [1.29, 1.82) is 0 Å². The molecule has 5 aromatic rings. The van der Waals surface area contributed by atoms with Crippen LogP contribution >= 0.6 is 11.5 Å². The summed E-state index contributed by atoms with van der Waals surface area (Å²) in [6.07, 6.45) is 24.8. The second-order valence-electron chi connectivity index (χ2n) is 22.4. The zero-order chi connectivity index (χ0) is 48.6. The average Bonchev–Trinajstić information content (AvgIpc) is 4.26. The third-order valence-corrected chi connectivity index (χ3v) is 18.4. The van der Waals surface area contributed by atoms with Gasteiger partial charge in [0.15, 0.2) is 12.1 Å². The summed E-state index contributed by atoms with van der Waals surface area (Å²) in [6.45, 7) is 22.8. The van der Waals surface area contributed by atoms with Gasteiger partial charge in [-0.1, -0.05) is 10.3 Å². The Morgan fingerprint density at radius 3 is 1.46 bits per heavy atom. The Kier molecular flexibility index (Phi) is 15.1. The van der Waals surface area contributed by atoms with Crippen molar-refractivity contribution in [3.63, 3.8) is 0 Å². The number of aromatic nitrogens is 9. The van der Waals surface area contributed by atoms with Crippen LogP contribution in [-0.4, -0.2) is 176 Å². The van der Waals surface area contributed by atoms with Crippen molar-refractivity contribution in [1.82, 2.24) is 71.5 Å². The molecule has 10 fully saturated rings. The highest BCUT2D eigenvalue weighted by atomic mass is 32.1. The maximum absolute atomic E-state index is 5.20. The summed E-state index contributed by atoms with van der Waals surface area (Å²) in [7, 11) is 0. The number of anilines is 5. The Morgan fingerprint density at radius 2 is 1.01 bits per heavy atom. The highest BCUT2D eigenvalue weighted by Gasteiger charge is 2.45. The van der Waals surface area contributed by atoms with E-state index in [2.05, 4.69) is 108 Å². The predicted octanol–water partition coefficient (Wildman–Crippen LogP) is 3.18.